The number of benzene rings is 2. The van der Waals surface area contributed by atoms with E-state index >= 15 is 0 Å². The van der Waals surface area contributed by atoms with Gasteiger partial charge in [-0.25, -0.2) is 4.99 Å². The summed E-state index contributed by atoms with van der Waals surface area (Å²) in [7, 11) is 1.61. The van der Waals surface area contributed by atoms with Crippen molar-refractivity contribution in [2.75, 3.05) is 20.3 Å². The van der Waals surface area contributed by atoms with Crippen LogP contribution in [0.5, 0.6) is 17.2 Å². The zero-order valence-electron chi connectivity index (χ0n) is 17.9. The summed E-state index contributed by atoms with van der Waals surface area (Å²) in [5.41, 5.74) is 2.55. The normalized spacial score (nSPS) is 15.8. The second-order valence-electron chi connectivity index (χ2n) is 6.55. The Morgan fingerprint density at radius 1 is 1.13 bits per heavy atom. The van der Waals surface area contributed by atoms with Crippen LogP contribution in [0.15, 0.2) is 59.0 Å². The Hall–Kier alpha value is -3.19. The summed E-state index contributed by atoms with van der Waals surface area (Å²) in [6.45, 7) is 8.75. The van der Waals surface area contributed by atoms with Gasteiger partial charge in [0, 0.05) is 5.56 Å². The van der Waals surface area contributed by atoms with Crippen LogP contribution in [-0.4, -0.2) is 31.4 Å². The topological polar surface area (TPSA) is 69.2 Å². The Labute approximate surface area is 187 Å². The molecule has 1 fully saturated rings. The second kappa shape index (κ2) is 10.7. The lowest BCUT2D eigenvalue weighted by molar-refractivity contribution is -0.115. The van der Waals surface area contributed by atoms with Crippen molar-refractivity contribution < 1.29 is 19.0 Å². The van der Waals surface area contributed by atoms with E-state index < -0.39 is 0 Å². The largest absolute Gasteiger partial charge is 0.497 e. The fourth-order valence-corrected chi connectivity index (χ4v) is 3.89. The van der Waals surface area contributed by atoms with Crippen molar-refractivity contribution in [2.45, 2.75) is 20.3 Å². The van der Waals surface area contributed by atoms with Crippen molar-refractivity contribution >= 4 is 34.6 Å². The number of nitrogens with one attached hydrogen (secondary N) is 1. The minimum absolute atomic E-state index is 0.186. The average Bonchev–Trinajstić information content (AvgIpc) is 3.10. The first kappa shape index (κ1) is 22.5. The van der Waals surface area contributed by atoms with Crippen molar-refractivity contribution in [1.82, 2.24) is 5.32 Å². The van der Waals surface area contributed by atoms with Gasteiger partial charge in [-0.1, -0.05) is 6.08 Å². The molecule has 3 rings (SSSR count). The van der Waals surface area contributed by atoms with Crippen LogP contribution < -0.4 is 19.5 Å². The molecule has 2 aromatic carbocycles. The second-order valence-corrected chi connectivity index (χ2v) is 7.58. The maximum absolute atomic E-state index is 12.5. The molecule has 1 saturated heterocycles. The molecule has 0 unspecified atom stereocenters. The zero-order chi connectivity index (χ0) is 22.2. The summed E-state index contributed by atoms with van der Waals surface area (Å²) in [6.07, 6.45) is 4.29. The van der Waals surface area contributed by atoms with Gasteiger partial charge in [0.25, 0.3) is 5.91 Å². The predicted molar refractivity (Wildman–Crippen MR) is 126 cm³/mol. The molecule has 0 aromatic heterocycles. The molecule has 0 radical (unpaired) electrons. The molecule has 1 heterocycles. The maximum atomic E-state index is 12.5. The molecule has 0 saturated carbocycles. The Kier molecular flexibility index (Phi) is 7.78. The van der Waals surface area contributed by atoms with E-state index in [1.165, 1.54) is 11.8 Å². The standard InChI is InChI=1S/C24H26N2O4S/c1-5-8-17-13-16(14-20(29-6-2)22(17)30-7-3)15-21-23(27)26-24(31-21)25-18-9-11-19(28-4)12-10-18/h5,9-15H,1,6-8H2,2-4H3,(H,25,26,27)/b21-15+. The Morgan fingerprint density at radius 3 is 2.52 bits per heavy atom. The van der Waals surface area contributed by atoms with Crippen molar-refractivity contribution in [1.29, 1.82) is 0 Å². The number of nitrogens with zero attached hydrogens (tertiary/aromatic N) is 1. The minimum atomic E-state index is -0.186. The molecule has 0 spiro atoms. The van der Waals surface area contributed by atoms with E-state index in [2.05, 4.69) is 16.9 Å². The molecule has 1 aliphatic heterocycles. The molecule has 1 amide bonds. The number of allylic oxidation sites excluding steroid dienone is 1. The summed E-state index contributed by atoms with van der Waals surface area (Å²) in [5.74, 6) is 1.95. The molecule has 7 heteroatoms. The molecule has 0 aliphatic carbocycles. The van der Waals surface area contributed by atoms with Gasteiger partial charge >= 0.3 is 0 Å². The summed E-state index contributed by atoms with van der Waals surface area (Å²) < 4.78 is 16.8. The lowest BCUT2D eigenvalue weighted by Gasteiger charge is -2.16. The third-order valence-corrected chi connectivity index (χ3v) is 5.27. The van der Waals surface area contributed by atoms with Crippen LogP contribution in [-0.2, 0) is 11.2 Å². The minimum Gasteiger partial charge on any atom is -0.497 e. The number of carbonyl (C=O) groups is 1. The molecule has 0 bridgehead atoms. The van der Waals surface area contributed by atoms with Crippen molar-refractivity contribution in [3.8, 4) is 17.2 Å². The highest BCUT2D eigenvalue weighted by molar-refractivity contribution is 8.18. The molecule has 0 atom stereocenters. The van der Waals surface area contributed by atoms with Gasteiger partial charge in [0.1, 0.15) is 5.75 Å². The zero-order valence-corrected chi connectivity index (χ0v) is 18.8. The highest BCUT2D eigenvalue weighted by Crippen LogP contribution is 2.36. The SMILES string of the molecule is C=CCc1cc(/C=C2/SC(=Nc3ccc(OC)cc3)NC2=O)cc(OCC)c1OCC. The number of hydrogen-bond donors (Lipinski definition) is 1. The van der Waals surface area contributed by atoms with E-state index in [-0.39, 0.29) is 5.91 Å². The molecule has 1 N–H and O–H groups in total. The molecule has 6 nitrogen and oxygen atoms in total. The van der Waals surface area contributed by atoms with Gasteiger partial charge in [0.2, 0.25) is 0 Å². The van der Waals surface area contributed by atoms with Gasteiger partial charge in [-0.05, 0) is 80.1 Å². The summed E-state index contributed by atoms with van der Waals surface area (Å²) in [6, 6.07) is 11.2. The first-order valence-corrected chi connectivity index (χ1v) is 10.9. The van der Waals surface area contributed by atoms with E-state index in [0.717, 1.165) is 28.3 Å². The van der Waals surface area contributed by atoms with Gasteiger partial charge in [0.15, 0.2) is 16.7 Å². The van der Waals surface area contributed by atoms with Crippen LogP contribution in [0.4, 0.5) is 5.69 Å². The number of hydrogen-bond acceptors (Lipinski definition) is 6. The Balaban J connectivity index is 1.90. The molecule has 1 aliphatic rings. The highest BCUT2D eigenvalue weighted by atomic mass is 32.2. The third-order valence-electron chi connectivity index (χ3n) is 4.36. The van der Waals surface area contributed by atoms with Crippen LogP contribution in [0.3, 0.4) is 0 Å². The van der Waals surface area contributed by atoms with Crippen molar-refractivity contribution in [2.24, 2.45) is 4.99 Å². The first-order chi connectivity index (χ1) is 15.1. The van der Waals surface area contributed by atoms with Crippen LogP contribution in [0.2, 0.25) is 0 Å². The van der Waals surface area contributed by atoms with E-state index in [9.17, 15) is 4.79 Å². The average molecular weight is 439 g/mol. The molecule has 2 aromatic rings. The lowest BCUT2D eigenvalue weighted by atomic mass is 10.0. The van der Waals surface area contributed by atoms with E-state index in [4.69, 9.17) is 14.2 Å². The fourth-order valence-electron chi connectivity index (χ4n) is 3.05. The first-order valence-electron chi connectivity index (χ1n) is 10.0. The number of ether oxygens (including phenoxy) is 3. The van der Waals surface area contributed by atoms with Crippen LogP contribution >= 0.6 is 11.8 Å². The van der Waals surface area contributed by atoms with Gasteiger partial charge in [-0.15, -0.1) is 6.58 Å². The smallest absolute Gasteiger partial charge is 0.264 e. The summed E-state index contributed by atoms with van der Waals surface area (Å²) in [4.78, 5) is 17.6. The van der Waals surface area contributed by atoms with Crippen LogP contribution in [0.1, 0.15) is 25.0 Å². The molecule has 162 valence electrons. The van der Waals surface area contributed by atoms with E-state index in [0.29, 0.717) is 35.5 Å². The van der Waals surface area contributed by atoms with Gasteiger partial charge < -0.3 is 19.5 Å². The molecular weight excluding hydrogens is 412 g/mol. The van der Waals surface area contributed by atoms with E-state index in [1.54, 1.807) is 7.11 Å². The van der Waals surface area contributed by atoms with Gasteiger partial charge in [-0.3, -0.25) is 4.79 Å². The van der Waals surface area contributed by atoms with Gasteiger partial charge in [0.05, 0.1) is 30.9 Å². The van der Waals surface area contributed by atoms with Crippen molar-refractivity contribution in [3.63, 3.8) is 0 Å². The number of amides is 1. The third kappa shape index (κ3) is 5.70. The summed E-state index contributed by atoms with van der Waals surface area (Å²) in [5, 5.41) is 3.35. The maximum Gasteiger partial charge on any atom is 0.264 e. The Morgan fingerprint density at radius 2 is 1.87 bits per heavy atom. The quantitative estimate of drug-likeness (QED) is 0.435. The van der Waals surface area contributed by atoms with Crippen molar-refractivity contribution in [3.05, 3.63) is 65.1 Å². The molecular formula is C24H26N2O4S. The number of thioether (sulfide) groups is 1. The number of carbonyl (C=O) groups excluding carboxylic acids is 1. The fraction of sp³-hybridized carbons (Fsp3) is 0.250. The number of amidine groups is 1. The van der Waals surface area contributed by atoms with Crippen LogP contribution in [0, 0.1) is 0 Å². The lowest BCUT2D eigenvalue weighted by Crippen LogP contribution is -2.19. The highest BCUT2D eigenvalue weighted by Gasteiger charge is 2.24. The predicted octanol–water partition coefficient (Wildman–Crippen LogP) is 5.11. The number of rotatable bonds is 9. The monoisotopic (exact) mass is 438 g/mol. The van der Waals surface area contributed by atoms with Crippen LogP contribution in [0.25, 0.3) is 6.08 Å². The Bertz CT molecular complexity index is 1010. The summed E-state index contributed by atoms with van der Waals surface area (Å²) >= 11 is 1.30. The van der Waals surface area contributed by atoms with E-state index in [1.807, 2.05) is 62.4 Å². The van der Waals surface area contributed by atoms with Gasteiger partial charge in [-0.2, -0.15) is 0 Å². The molecule has 31 heavy (non-hydrogen) atoms. The number of methoxy groups -OCH3 is 1. The number of aliphatic imine (C=N–C) groups is 1.